The first-order chi connectivity index (χ1) is 13.0. The summed E-state index contributed by atoms with van der Waals surface area (Å²) in [5.74, 6) is 1.45. The van der Waals surface area contributed by atoms with Crippen LogP contribution in [0.5, 0.6) is 5.75 Å². The molecule has 0 radical (unpaired) electrons. The number of para-hydroxylation sites is 2. The molecular weight excluding hydrogens is 344 g/mol. The van der Waals surface area contributed by atoms with Crippen LogP contribution < -0.4 is 10.1 Å². The van der Waals surface area contributed by atoms with Gasteiger partial charge in [0.2, 0.25) is 0 Å². The van der Waals surface area contributed by atoms with Crippen molar-refractivity contribution in [2.75, 3.05) is 18.4 Å². The summed E-state index contributed by atoms with van der Waals surface area (Å²) >= 11 is 0. The van der Waals surface area contributed by atoms with Crippen LogP contribution in [0.15, 0.2) is 36.7 Å². The quantitative estimate of drug-likeness (QED) is 0.845. The van der Waals surface area contributed by atoms with E-state index in [4.69, 9.17) is 4.74 Å². The fraction of sp³-hybridized carbons (Fsp3) is 0.500. The van der Waals surface area contributed by atoms with Crippen molar-refractivity contribution in [2.24, 2.45) is 13.0 Å². The van der Waals surface area contributed by atoms with Crippen LogP contribution in [0.4, 0.5) is 10.5 Å². The Kier molecular flexibility index (Phi) is 6.01. The topological polar surface area (TPSA) is 79.6 Å². The Balaban J connectivity index is 1.57. The normalized spacial score (nSPS) is 16.4. The van der Waals surface area contributed by atoms with Crippen LogP contribution in [0, 0.1) is 5.92 Å². The van der Waals surface area contributed by atoms with Gasteiger partial charge in [-0.1, -0.05) is 12.1 Å². The number of rotatable bonds is 5. The Bertz CT molecular complexity index is 766. The summed E-state index contributed by atoms with van der Waals surface area (Å²) in [5.41, 5.74) is 0.673. The van der Waals surface area contributed by atoms with E-state index >= 15 is 0 Å². The van der Waals surface area contributed by atoms with E-state index in [9.17, 15) is 9.90 Å². The van der Waals surface area contributed by atoms with E-state index in [2.05, 4.69) is 10.3 Å². The van der Waals surface area contributed by atoms with Gasteiger partial charge in [-0.2, -0.15) is 0 Å². The zero-order valence-electron chi connectivity index (χ0n) is 16.1. The van der Waals surface area contributed by atoms with Gasteiger partial charge >= 0.3 is 6.03 Å². The minimum Gasteiger partial charge on any atom is -0.489 e. The number of piperidine rings is 1. The fourth-order valence-electron chi connectivity index (χ4n) is 3.41. The Hall–Kier alpha value is -2.54. The van der Waals surface area contributed by atoms with Gasteiger partial charge in [-0.3, -0.25) is 0 Å². The molecule has 7 nitrogen and oxygen atoms in total. The maximum atomic E-state index is 12.6. The van der Waals surface area contributed by atoms with E-state index in [1.807, 2.05) is 55.9 Å². The Morgan fingerprint density at radius 1 is 1.30 bits per heavy atom. The highest BCUT2D eigenvalue weighted by molar-refractivity contribution is 5.91. The summed E-state index contributed by atoms with van der Waals surface area (Å²) in [7, 11) is 1.88. The van der Waals surface area contributed by atoms with Gasteiger partial charge in [-0.25, -0.2) is 9.78 Å². The molecule has 1 fully saturated rings. The van der Waals surface area contributed by atoms with E-state index < -0.39 is 6.10 Å². The number of likely N-dealkylation sites (tertiary alicyclic amines) is 1. The van der Waals surface area contributed by atoms with Gasteiger partial charge < -0.3 is 24.6 Å². The standard InChI is InChI=1S/C20H28N4O3/c1-14(2)27-17-7-5-4-6-16(17)22-20(26)24-11-8-15(9-12-24)18(25)19-21-10-13-23(19)3/h4-7,10,13-15,18,25H,8-9,11-12H2,1-3H3,(H,22,26)/t18-/m0/s1. The van der Waals surface area contributed by atoms with Crippen molar-refractivity contribution in [2.45, 2.75) is 38.9 Å². The number of aliphatic hydroxyl groups excluding tert-OH is 1. The number of urea groups is 1. The number of amides is 2. The average Bonchev–Trinajstić information content (AvgIpc) is 3.08. The van der Waals surface area contributed by atoms with Crippen LogP contribution in [0.25, 0.3) is 0 Å². The van der Waals surface area contributed by atoms with E-state index in [-0.39, 0.29) is 18.1 Å². The number of ether oxygens (including phenoxy) is 1. The molecule has 0 spiro atoms. The summed E-state index contributed by atoms with van der Waals surface area (Å²) in [6.07, 6.45) is 4.44. The van der Waals surface area contributed by atoms with Gasteiger partial charge in [0.25, 0.3) is 0 Å². The number of imidazole rings is 1. The average molecular weight is 372 g/mol. The smallest absolute Gasteiger partial charge is 0.321 e. The first-order valence-electron chi connectivity index (χ1n) is 9.42. The lowest BCUT2D eigenvalue weighted by Crippen LogP contribution is -2.42. The molecular formula is C20H28N4O3. The molecule has 2 amide bonds. The first kappa shape index (κ1) is 19.2. The van der Waals surface area contributed by atoms with Crippen LogP contribution in [0.1, 0.15) is 38.6 Å². The number of aryl methyl sites for hydroxylation is 1. The molecule has 3 rings (SSSR count). The fourth-order valence-corrected chi connectivity index (χ4v) is 3.41. The molecule has 1 saturated heterocycles. The maximum absolute atomic E-state index is 12.6. The summed E-state index contributed by atoms with van der Waals surface area (Å²) < 4.78 is 7.60. The predicted molar refractivity (Wildman–Crippen MR) is 104 cm³/mol. The number of carbonyl (C=O) groups is 1. The van der Waals surface area contributed by atoms with Crippen LogP contribution in [0.3, 0.4) is 0 Å². The zero-order chi connectivity index (χ0) is 19.4. The highest BCUT2D eigenvalue weighted by Crippen LogP contribution is 2.30. The molecule has 0 bridgehead atoms. The van der Waals surface area contributed by atoms with Crippen molar-refractivity contribution in [1.29, 1.82) is 0 Å². The maximum Gasteiger partial charge on any atom is 0.321 e. The molecule has 1 atom stereocenters. The summed E-state index contributed by atoms with van der Waals surface area (Å²) in [6.45, 7) is 5.11. The second kappa shape index (κ2) is 8.43. The molecule has 2 aromatic rings. The summed E-state index contributed by atoms with van der Waals surface area (Å²) in [6, 6.07) is 7.31. The van der Waals surface area contributed by atoms with E-state index in [0.29, 0.717) is 30.4 Å². The number of anilines is 1. The van der Waals surface area contributed by atoms with Gasteiger partial charge in [0.1, 0.15) is 17.7 Å². The van der Waals surface area contributed by atoms with Crippen LogP contribution in [-0.4, -0.2) is 44.8 Å². The highest BCUT2D eigenvalue weighted by Gasteiger charge is 2.30. The summed E-state index contributed by atoms with van der Waals surface area (Å²) in [4.78, 5) is 18.7. The number of aliphatic hydroxyl groups is 1. The second-order valence-corrected chi connectivity index (χ2v) is 7.26. The van der Waals surface area contributed by atoms with Crippen LogP contribution in [0.2, 0.25) is 0 Å². The van der Waals surface area contributed by atoms with Crippen molar-refractivity contribution in [3.63, 3.8) is 0 Å². The molecule has 0 aliphatic carbocycles. The number of carbonyl (C=O) groups excluding carboxylic acids is 1. The third kappa shape index (κ3) is 4.60. The molecule has 0 saturated carbocycles. The Morgan fingerprint density at radius 3 is 2.63 bits per heavy atom. The van der Waals surface area contributed by atoms with Gasteiger partial charge in [-0.15, -0.1) is 0 Å². The van der Waals surface area contributed by atoms with Gasteiger partial charge in [0.15, 0.2) is 0 Å². The second-order valence-electron chi connectivity index (χ2n) is 7.26. The molecule has 1 aliphatic heterocycles. The predicted octanol–water partition coefficient (Wildman–Crippen LogP) is 3.18. The largest absolute Gasteiger partial charge is 0.489 e. The number of hydrogen-bond donors (Lipinski definition) is 2. The SMILES string of the molecule is CC(C)Oc1ccccc1NC(=O)N1CCC([C@H](O)c2nccn2C)CC1. The molecule has 146 valence electrons. The minimum atomic E-state index is -0.602. The van der Waals surface area contributed by atoms with E-state index in [1.54, 1.807) is 11.1 Å². The first-order valence-corrected chi connectivity index (χ1v) is 9.42. The number of benzene rings is 1. The van der Waals surface area contributed by atoms with Crippen LogP contribution in [-0.2, 0) is 7.05 Å². The lowest BCUT2D eigenvalue weighted by molar-refractivity contribution is 0.0599. The van der Waals surface area contributed by atoms with E-state index in [1.165, 1.54) is 0 Å². The van der Waals surface area contributed by atoms with Gasteiger partial charge in [0, 0.05) is 32.5 Å². The lowest BCUT2D eigenvalue weighted by atomic mass is 9.91. The Labute approximate surface area is 160 Å². The van der Waals surface area contributed by atoms with E-state index in [0.717, 1.165) is 12.8 Å². The van der Waals surface area contributed by atoms with Crippen molar-refractivity contribution in [1.82, 2.24) is 14.5 Å². The molecule has 7 heteroatoms. The van der Waals surface area contributed by atoms with Gasteiger partial charge in [0.05, 0.1) is 11.8 Å². The van der Waals surface area contributed by atoms with Crippen molar-refractivity contribution in [3.8, 4) is 5.75 Å². The minimum absolute atomic E-state index is 0.0337. The molecule has 1 aromatic heterocycles. The highest BCUT2D eigenvalue weighted by atomic mass is 16.5. The van der Waals surface area contributed by atoms with Crippen molar-refractivity contribution >= 4 is 11.7 Å². The molecule has 0 unspecified atom stereocenters. The Morgan fingerprint density at radius 2 is 2.00 bits per heavy atom. The number of nitrogens with one attached hydrogen (secondary N) is 1. The lowest BCUT2D eigenvalue weighted by Gasteiger charge is -2.34. The van der Waals surface area contributed by atoms with Crippen LogP contribution >= 0.6 is 0 Å². The molecule has 27 heavy (non-hydrogen) atoms. The third-order valence-electron chi connectivity index (χ3n) is 4.89. The zero-order valence-corrected chi connectivity index (χ0v) is 16.1. The molecule has 2 N–H and O–H groups in total. The van der Waals surface area contributed by atoms with Crippen molar-refractivity contribution in [3.05, 3.63) is 42.5 Å². The summed E-state index contributed by atoms with van der Waals surface area (Å²) in [5, 5.41) is 13.5. The monoisotopic (exact) mass is 372 g/mol. The number of hydrogen-bond acceptors (Lipinski definition) is 4. The van der Waals surface area contributed by atoms with Gasteiger partial charge in [-0.05, 0) is 44.7 Å². The number of aromatic nitrogens is 2. The molecule has 1 aliphatic rings. The molecule has 2 heterocycles. The number of nitrogens with zero attached hydrogens (tertiary/aromatic N) is 3. The third-order valence-corrected chi connectivity index (χ3v) is 4.89. The molecule has 1 aromatic carbocycles. The van der Waals surface area contributed by atoms with Crippen molar-refractivity contribution < 1.29 is 14.6 Å².